The van der Waals surface area contributed by atoms with Gasteiger partial charge in [0.05, 0.1) is 11.3 Å². The van der Waals surface area contributed by atoms with Crippen molar-refractivity contribution in [2.24, 2.45) is 0 Å². The van der Waals surface area contributed by atoms with E-state index in [-0.39, 0.29) is 11.3 Å². The molecular formula is C17H12F4N2S. The second-order valence-corrected chi connectivity index (χ2v) is 6.03. The molecule has 0 saturated heterocycles. The summed E-state index contributed by atoms with van der Waals surface area (Å²) in [7, 11) is 0. The van der Waals surface area contributed by atoms with Crippen molar-refractivity contribution in [3.8, 4) is 11.3 Å². The Morgan fingerprint density at radius 3 is 2.54 bits per heavy atom. The Morgan fingerprint density at radius 1 is 1.08 bits per heavy atom. The molecular weight excluding hydrogens is 340 g/mol. The van der Waals surface area contributed by atoms with Crippen LogP contribution in [-0.4, -0.2) is 4.98 Å². The van der Waals surface area contributed by atoms with Gasteiger partial charge in [-0.1, -0.05) is 18.2 Å². The van der Waals surface area contributed by atoms with Crippen molar-refractivity contribution >= 4 is 22.2 Å². The summed E-state index contributed by atoms with van der Waals surface area (Å²) in [5.74, 6) is -0.740. The van der Waals surface area contributed by atoms with Crippen LogP contribution in [0.2, 0.25) is 0 Å². The van der Waals surface area contributed by atoms with Crippen molar-refractivity contribution in [3.63, 3.8) is 0 Å². The van der Waals surface area contributed by atoms with Gasteiger partial charge in [0.15, 0.2) is 5.13 Å². The Hall–Kier alpha value is -2.41. The van der Waals surface area contributed by atoms with Crippen LogP contribution in [0.15, 0.2) is 47.8 Å². The predicted molar refractivity (Wildman–Crippen MR) is 87.0 cm³/mol. The van der Waals surface area contributed by atoms with Gasteiger partial charge < -0.3 is 5.32 Å². The Labute approximate surface area is 139 Å². The zero-order valence-electron chi connectivity index (χ0n) is 12.5. The van der Waals surface area contributed by atoms with Gasteiger partial charge in [0.1, 0.15) is 5.82 Å². The number of anilines is 2. The van der Waals surface area contributed by atoms with Crippen LogP contribution in [-0.2, 0) is 6.18 Å². The van der Waals surface area contributed by atoms with E-state index in [1.165, 1.54) is 16.7 Å². The third-order valence-electron chi connectivity index (χ3n) is 3.46. The van der Waals surface area contributed by atoms with E-state index in [0.717, 1.165) is 29.4 Å². The van der Waals surface area contributed by atoms with Crippen LogP contribution in [0, 0.1) is 12.7 Å². The van der Waals surface area contributed by atoms with E-state index >= 15 is 0 Å². The molecule has 7 heteroatoms. The molecule has 1 aromatic heterocycles. The first-order chi connectivity index (χ1) is 11.3. The molecule has 0 aliphatic heterocycles. The maximum absolute atomic E-state index is 13.9. The number of halogens is 4. The van der Waals surface area contributed by atoms with Crippen molar-refractivity contribution in [2.45, 2.75) is 13.1 Å². The molecule has 0 saturated carbocycles. The Balaban J connectivity index is 1.92. The van der Waals surface area contributed by atoms with Gasteiger partial charge in [-0.3, -0.25) is 0 Å². The van der Waals surface area contributed by atoms with E-state index in [2.05, 4.69) is 10.3 Å². The maximum Gasteiger partial charge on any atom is 0.416 e. The van der Waals surface area contributed by atoms with Crippen LogP contribution in [0.5, 0.6) is 0 Å². The lowest BCUT2D eigenvalue weighted by molar-refractivity contribution is -0.137. The highest BCUT2D eigenvalue weighted by Crippen LogP contribution is 2.35. The van der Waals surface area contributed by atoms with Crippen LogP contribution >= 0.6 is 11.3 Å². The number of rotatable bonds is 3. The highest BCUT2D eigenvalue weighted by atomic mass is 32.1. The van der Waals surface area contributed by atoms with Crippen molar-refractivity contribution < 1.29 is 17.6 Å². The lowest BCUT2D eigenvalue weighted by Crippen LogP contribution is -2.05. The van der Waals surface area contributed by atoms with E-state index in [4.69, 9.17) is 0 Å². The molecule has 24 heavy (non-hydrogen) atoms. The lowest BCUT2D eigenvalue weighted by atomic mass is 10.1. The smallest absolute Gasteiger partial charge is 0.331 e. The molecule has 2 aromatic carbocycles. The predicted octanol–water partition coefficient (Wildman–Crippen LogP) is 6.02. The summed E-state index contributed by atoms with van der Waals surface area (Å²) in [5.41, 5.74) is 0.932. The molecule has 124 valence electrons. The fourth-order valence-electron chi connectivity index (χ4n) is 2.18. The summed E-state index contributed by atoms with van der Waals surface area (Å²) < 4.78 is 52.3. The van der Waals surface area contributed by atoms with E-state index in [9.17, 15) is 17.6 Å². The maximum atomic E-state index is 13.9. The number of nitrogens with one attached hydrogen (secondary N) is 1. The Bertz CT molecular complexity index is 871. The minimum Gasteiger partial charge on any atom is -0.331 e. The van der Waals surface area contributed by atoms with Gasteiger partial charge in [-0.2, -0.15) is 13.2 Å². The van der Waals surface area contributed by atoms with E-state index in [1.807, 2.05) is 31.2 Å². The number of alkyl halides is 3. The molecule has 0 aliphatic carbocycles. The molecule has 0 spiro atoms. The molecule has 0 aliphatic rings. The van der Waals surface area contributed by atoms with Crippen molar-refractivity contribution in [3.05, 3.63) is 64.8 Å². The molecule has 0 atom stereocenters. The van der Waals surface area contributed by atoms with Crippen molar-refractivity contribution in [1.82, 2.24) is 4.98 Å². The third kappa shape index (κ3) is 3.41. The number of para-hydroxylation sites is 1. The zero-order chi connectivity index (χ0) is 17.3. The molecule has 2 nitrogen and oxygen atoms in total. The van der Waals surface area contributed by atoms with Crippen LogP contribution in [0.3, 0.4) is 0 Å². The average molecular weight is 352 g/mol. The van der Waals surface area contributed by atoms with E-state index in [0.29, 0.717) is 5.13 Å². The average Bonchev–Trinajstić information content (AvgIpc) is 2.97. The van der Waals surface area contributed by atoms with E-state index < -0.39 is 17.6 Å². The molecule has 3 rings (SSSR count). The van der Waals surface area contributed by atoms with Crippen molar-refractivity contribution in [2.75, 3.05) is 5.32 Å². The monoisotopic (exact) mass is 352 g/mol. The SMILES string of the molecule is Cc1ccccc1Nc1nc(-c2cc(C(F)(F)F)ccc2F)cs1. The third-order valence-corrected chi connectivity index (χ3v) is 4.22. The number of hydrogen-bond acceptors (Lipinski definition) is 3. The highest BCUT2D eigenvalue weighted by molar-refractivity contribution is 7.14. The molecule has 0 fully saturated rings. The second kappa shape index (κ2) is 6.24. The number of aryl methyl sites for hydroxylation is 1. The quantitative estimate of drug-likeness (QED) is 0.583. The molecule has 1 N–H and O–H groups in total. The second-order valence-electron chi connectivity index (χ2n) is 5.17. The first-order valence-electron chi connectivity index (χ1n) is 7.00. The Kier molecular flexibility index (Phi) is 4.28. The van der Waals surface area contributed by atoms with Crippen LogP contribution in [0.4, 0.5) is 28.4 Å². The summed E-state index contributed by atoms with van der Waals surface area (Å²) in [6.45, 7) is 1.92. The molecule has 0 bridgehead atoms. The van der Waals surface area contributed by atoms with Gasteiger partial charge in [0, 0.05) is 16.6 Å². The van der Waals surface area contributed by atoms with Gasteiger partial charge >= 0.3 is 6.18 Å². The van der Waals surface area contributed by atoms with Gasteiger partial charge in [0.2, 0.25) is 0 Å². The fourth-order valence-corrected chi connectivity index (χ4v) is 2.90. The largest absolute Gasteiger partial charge is 0.416 e. The summed E-state index contributed by atoms with van der Waals surface area (Å²) >= 11 is 1.20. The topological polar surface area (TPSA) is 24.9 Å². The minimum absolute atomic E-state index is 0.166. The summed E-state index contributed by atoms with van der Waals surface area (Å²) in [6.07, 6.45) is -4.53. The molecule has 0 radical (unpaired) electrons. The van der Waals surface area contributed by atoms with Crippen molar-refractivity contribution in [1.29, 1.82) is 0 Å². The molecule has 3 aromatic rings. The molecule has 0 unspecified atom stereocenters. The van der Waals surface area contributed by atoms with Crippen LogP contribution in [0.1, 0.15) is 11.1 Å². The lowest BCUT2D eigenvalue weighted by Gasteiger charge is -2.08. The number of aromatic nitrogens is 1. The summed E-state index contributed by atoms with van der Waals surface area (Å²) in [4.78, 5) is 4.20. The number of benzene rings is 2. The van der Waals surface area contributed by atoms with Crippen LogP contribution < -0.4 is 5.32 Å². The zero-order valence-corrected chi connectivity index (χ0v) is 13.3. The first kappa shape index (κ1) is 16.4. The van der Waals surface area contributed by atoms with Gasteiger partial charge in [-0.15, -0.1) is 11.3 Å². The van der Waals surface area contributed by atoms with Crippen LogP contribution in [0.25, 0.3) is 11.3 Å². The van der Waals surface area contributed by atoms with E-state index in [1.54, 1.807) is 0 Å². The normalized spacial score (nSPS) is 11.5. The Morgan fingerprint density at radius 2 is 1.83 bits per heavy atom. The van der Waals surface area contributed by atoms with Gasteiger partial charge in [-0.05, 0) is 36.8 Å². The standard InChI is InChI=1S/C17H12F4N2S/c1-10-4-2-3-5-14(10)22-16-23-15(9-24-16)12-8-11(17(19,20)21)6-7-13(12)18/h2-9H,1H3,(H,22,23). The fraction of sp³-hybridized carbons (Fsp3) is 0.118. The minimum atomic E-state index is -4.53. The summed E-state index contributed by atoms with van der Waals surface area (Å²) in [6, 6.07) is 9.85. The number of hydrogen-bond donors (Lipinski definition) is 1. The first-order valence-corrected chi connectivity index (χ1v) is 7.88. The van der Waals surface area contributed by atoms with Gasteiger partial charge in [0.25, 0.3) is 0 Å². The number of nitrogens with zero attached hydrogens (tertiary/aromatic N) is 1. The number of thiazole rings is 1. The van der Waals surface area contributed by atoms with Gasteiger partial charge in [-0.25, -0.2) is 9.37 Å². The highest BCUT2D eigenvalue weighted by Gasteiger charge is 2.31. The summed E-state index contributed by atoms with van der Waals surface area (Å²) in [5, 5.41) is 5.10. The molecule has 1 heterocycles. The molecule has 0 amide bonds.